The molecule has 1 rings (SSSR count). The minimum Gasteiger partial charge on any atom is -0.389 e. The number of nitrogens with one attached hydrogen (secondary N) is 1. The average Bonchev–Trinajstić information content (AvgIpc) is 2.52. The zero-order valence-electron chi connectivity index (χ0n) is 12.1. The van der Waals surface area contributed by atoms with Crippen molar-refractivity contribution in [2.45, 2.75) is 25.1 Å². The zero-order chi connectivity index (χ0) is 15.3. The van der Waals surface area contributed by atoms with Crippen LogP contribution >= 0.6 is 0 Å². The van der Waals surface area contributed by atoms with Crippen molar-refractivity contribution in [2.24, 2.45) is 5.18 Å². The predicted octanol–water partition coefficient (Wildman–Crippen LogP) is 2.96. The lowest BCUT2D eigenvalue weighted by Gasteiger charge is -2.15. The number of hydrogen-bond acceptors (Lipinski definition) is 4. The van der Waals surface area contributed by atoms with E-state index < -0.39 is 12.1 Å². The van der Waals surface area contributed by atoms with E-state index in [0.29, 0.717) is 19.5 Å². The van der Waals surface area contributed by atoms with Crippen LogP contribution in [0.2, 0.25) is 0 Å². The van der Waals surface area contributed by atoms with Gasteiger partial charge in [0.1, 0.15) is 6.04 Å². The van der Waals surface area contributed by atoms with E-state index in [1.165, 1.54) is 0 Å². The fourth-order valence-electron chi connectivity index (χ4n) is 1.81. The first-order valence-corrected chi connectivity index (χ1v) is 6.97. The van der Waals surface area contributed by atoms with Gasteiger partial charge in [0.25, 0.3) is 0 Å². The molecule has 21 heavy (non-hydrogen) atoms. The second-order valence-corrected chi connectivity index (χ2v) is 4.64. The molecule has 2 atom stereocenters. The molecule has 0 saturated carbocycles. The van der Waals surface area contributed by atoms with Crippen LogP contribution in [0.4, 0.5) is 0 Å². The van der Waals surface area contributed by atoms with Crippen molar-refractivity contribution < 1.29 is 5.11 Å². The monoisotopic (exact) mass is 286 g/mol. The van der Waals surface area contributed by atoms with Crippen molar-refractivity contribution in [3.63, 3.8) is 0 Å². The summed E-state index contributed by atoms with van der Waals surface area (Å²) in [4.78, 5) is 10.8. The maximum Gasteiger partial charge on any atom is 0.122 e. The Hall–Kier alpha value is -2.04. The molecule has 0 spiro atoms. The number of benzene rings is 1. The highest BCUT2D eigenvalue weighted by atomic mass is 16.3. The maximum absolute atomic E-state index is 10.8. The van der Waals surface area contributed by atoms with Crippen molar-refractivity contribution >= 4 is 0 Å². The van der Waals surface area contributed by atoms with Crippen molar-refractivity contribution in [1.29, 1.82) is 0 Å². The summed E-state index contributed by atoms with van der Waals surface area (Å²) in [5.41, 5.74) is 1.13. The number of aliphatic hydroxyl groups is 1. The number of nitroso groups, excluding NO2 is 1. The Kier molecular flexibility index (Phi) is 8.68. The van der Waals surface area contributed by atoms with Gasteiger partial charge in [-0.1, -0.05) is 72.5 Å². The Bertz CT molecular complexity index is 469. The van der Waals surface area contributed by atoms with Crippen LogP contribution in [0.15, 0.2) is 72.5 Å². The van der Waals surface area contributed by atoms with Crippen molar-refractivity contribution in [1.82, 2.24) is 5.32 Å². The lowest BCUT2D eigenvalue weighted by Crippen LogP contribution is -2.34. The highest BCUT2D eigenvalue weighted by Gasteiger charge is 2.17. The molecule has 2 N–H and O–H groups in total. The number of hydrogen-bond donors (Lipinski definition) is 2. The van der Waals surface area contributed by atoms with E-state index in [1.807, 2.05) is 48.6 Å². The molecule has 0 aromatic heterocycles. The molecule has 0 aliphatic heterocycles. The molecule has 4 heteroatoms. The molecular weight excluding hydrogens is 264 g/mol. The van der Waals surface area contributed by atoms with Gasteiger partial charge < -0.3 is 10.4 Å². The molecule has 112 valence electrons. The quantitative estimate of drug-likeness (QED) is 0.513. The summed E-state index contributed by atoms with van der Waals surface area (Å²) in [6, 6.07) is 9.25. The van der Waals surface area contributed by atoms with Gasteiger partial charge in [-0.15, -0.1) is 0 Å². The molecule has 2 unspecified atom stereocenters. The molecule has 0 saturated heterocycles. The van der Waals surface area contributed by atoms with Crippen LogP contribution < -0.4 is 5.32 Å². The van der Waals surface area contributed by atoms with Gasteiger partial charge in [0.2, 0.25) is 0 Å². The number of aliphatic hydroxyl groups excluding tert-OH is 1. The molecule has 0 heterocycles. The standard InChI is InChI=1S/C17H22N2O2/c1-2-3-4-5-9-12-16(19-21)17(20)14-18-13-15-10-7-6-8-11-15/h2-11,16-18,20H,1,12-14H2/b4-3-,9-5-. The smallest absolute Gasteiger partial charge is 0.122 e. The van der Waals surface area contributed by atoms with Crippen LogP contribution in [0.1, 0.15) is 12.0 Å². The third-order valence-corrected chi connectivity index (χ3v) is 2.98. The van der Waals surface area contributed by atoms with Crippen LogP contribution in [0.25, 0.3) is 0 Å². The van der Waals surface area contributed by atoms with Gasteiger partial charge in [-0.05, 0) is 12.0 Å². The van der Waals surface area contributed by atoms with E-state index in [9.17, 15) is 10.0 Å². The summed E-state index contributed by atoms with van der Waals surface area (Å²) in [6.07, 6.45) is 8.52. The highest BCUT2D eigenvalue weighted by Crippen LogP contribution is 2.06. The van der Waals surface area contributed by atoms with Gasteiger partial charge >= 0.3 is 0 Å². The summed E-state index contributed by atoms with van der Waals surface area (Å²) < 4.78 is 0. The van der Waals surface area contributed by atoms with Gasteiger partial charge in [-0.2, -0.15) is 4.91 Å². The number of rotatable bonds is 10. The van der Waals surface area contributed by atoms with Gasteiger partial charge in [-0.25, -0.2) is 0 Å². The molecule has 0 bridgehead atoms. The maximum atomic E-state index is 10.8. The minimum atomic E-state index is -0.792. The predicted molar refractivity (Wildman–Crippen MR) is 86.8 cm³/mol. The first kappa shape index (κ1) is 17.0. The molecule has 0 amide bonds. The first-order chi connectivity index (χ1) is 10.3. The molecule has 4 nitrogen and oxygen atoms in total. The fourth-order valence-corrected chi connectivity index (χ4v) is 1.81. The second kappa shape index (κ2) is 10.7. The van der Waals surface area contributed by atoms with E-state index in [2.05, 4.69) is 17.1 Å². The van der Waals surface area contributed by atoms with Gasteiger partial charge in [0.15, 0.2) is 0 Å². The molecule has 0 radical (unpaired) electrons. The van der Waals surface area contributed by atoms with Gasteiger partial charge in [0, 0.05) is 13.1 Å². The van der Waals surface area contributed by atoms with E-state index in [1.54, 1.807) is 12.2 Å². The second-order valence-electron chi connectivity index (χ2n) is 4.64. The molecule has 0 aliphatic carbocycles. The lowest BCUT2D eigenvalue weighted by atomic mass is 10.1. The first-order valence-electron chi connectivity index (χ1n) is 6.97. The summed E-state index contributed by atoms with van der Waals surface area (Å²) in [6.45, 7) is 4.55. The van der Waals surface area contributed by atoms with Crippen LogP contribution in [0.3, 0.4) is 0 Å². The van der Waals surface area contributed by atoms with Crippen LogP contribution in [0, 0.1) is 4.91 Å². The van der Waals surface area contributed by atoms with Gasteiger partial charge in [-0.3, -0.25) is 0 Å². The highest BCUT2D eigenvalue weighted by molar-refractivity contribution is 5.14. The molecular formula is C17H22N2O2. The number of allylic oxidation sites excluding steroid dienone is 4. The van der Waals surface area contributed by atoms with Crippen LogP contribution in [0.5, 0.6) is 0 Å². The Morgan fingerprint density at radius 2 is 2.00 bits per heavy atom. The Labute approximate surface area is 125 Å². The van der Waals surface area contributed by atoms with Crippen LogP contribution in [-0.4, -0.2) is 23.8 Å². The third kappa shape index (κ3) is 7.34. The normalized spacial score (nSPS) is 14.3. The zero-order valence-corrected chi connectivity index (χ0v) is 12.1. The SMILES string of the molecule is C=C/C=C\C=C/CC(N=O)C(O)CNCc1ccccc1. The van der Waals surface area contributed by atoms with Gasteiger partial charge in [0.05, 0.1) is 6.10 Å². The summed E-state index contributed by atoms with van der Waals surface area (Å²) in [5.74, 6) is 0. The van der Waals surface area contributed by atoms with E-state index in [0.717, 1.165) is 5.56 Å². The van der Waals surface area contributed by atoms with Crippen molar-refractivity contribution in [2.75, 3.05) is 6.54 Å². The van der Waals surface area contributed by atoms with E-state index >= 15 is 0 Å². The Morgan fingerprint density at radius 1 is 1.24 bits per heavy atom. The minimum absolute atomic E-state index is 0.335. The Balaban J connectivity index is 2.32. The molecule has 1 aromatic carbocycles. The van der Waals surface area contributed by atoms with Crippen molar-refractivity contribution in [3.8, 4) is 0 Å². The largest absolute Gasteiger partial charge is 0.389 e. The number of nitrogens with zero attached hydrogens (tertiary/aromatic N) is 1. The van der Waals surface area contributed by atoms with Crippen molar-refractivity contribution in [3.05, 3.63) is 77.8 Å². The summed E-state index contributed by atoms with van der Waals surface area (Å²) in [7, 11) is 0. The lowest BCUT2D eigenvalue weighted by molar-refractivity contribution is 0.142. The van der Waals surface area contributed by atoms with E-state index in [-0.39, 0.29) is 0 Å². The summed E-state index contributed by atoms with van der Waals surface area (Å²) >= 11 is 0. The van der Waals surface area contributed by atoms with Crippen LogP contribution in [-0.2, 0) is 6.54 Å². The third-order valence-electron chi connectivity index (χ3n) is 2.98. The molecule has 0 aliphatic rings. The summed E-state index contributed by atoms with van der Waals surface area (Å²) in [5, 5.41) is 16.1. The van der Waals surface area contributed by atoms with E-state index in [4.69, 9.17) is 0 Å². The topological polar surface area (TPSA) is 61.7 Å². The average molecular weight is 286 g/mol. The molecule has 1 aromatic rings. The Morgan fingerprint density at radius 3 is 2.67 bits per heavy atom. The molecule has 0 fully saturated rings. The fraction of sp³-hybridized carbons (Fsp3) is 0.294.